The van der Waals surface area contributed by atoms with E-state index in [1.807, 2.05) is 6.07 Å². The minimum atomic E-state index is -0.0657. The lowest BCUT2D eigenvalue weighted by Crippen LogP contribution is -2.44. The summed E-state index contributed by atoms with van der Waals surface area (Å²) in [5.74, 6) is 1.08. The van der Waals surface area contributed by atoms with Crippen molar-refractivity contribution in [2.45, 2.75) is 24.9 Å². The third-order valence-electron chi connectivity index (χ3n) is 4.45. The standard InChI is InChI=1S/C13H16ClNO.C6H12N2S/c14-11-2-1-10-3-8-16-13(12(10)9-11)4-6-15-7-5-13;1-9-6-5-8-4-2-3-7/h1-2,9,15H,3-8H2;2-4H,5-7H2,1H3/b;3-2-,8-4?. The quantitative estimate of drug-likeness (QED) is 0.620. The summed E-state index contributed by atoms with van der Waals surface area (Å²) < 4.78 is 6.09. The van der Waals surface area contributed by atoms with E-state index in [4.69, 9.17) is 22.1 Å². The van der Waals surface area contributed by atoms with Crippen molar-refractivity contribution < 1.29 is 4.74 Å². The van der Waals surface area contributed by atoms with Gasteiger partial charge in [-0.25, -0.2) is 0 Å². The first-order valence-electron chi connectivity index (χ1n) is 8.71. The average molecular weight is 382 g/mol. The molecule has 2 heterocycles. The van der Waals surface area contributed by atoms with Crippen LogP contribution in [0.15, 0.2) is 35.5 Å². The van der Waals surface area contributed by atoms with Crippen LogP contribution < -0.4 is 11.1 Å². The minimum Gasteiger partial charge on any atom is -0.405 e. The first-order valence-corrected chi connectivity index (χ1v) is 10.5. The molecule has 0 aliphatic carbocycles. The highest BCUT2D eigenvalue weighted by atomic mass is 35.5. The number of nitrogens with two attached hydrogens (primary N) is 1. The maximum absolute atomic E-state index is 6.11. The summed E-state index contributed by atoms with van der Waals surface area (Å²) in [5, 5.41) is 4.21. The van der Waals surface area contributed by atoms with Crippen LogP contribution in [-0.4, -0.2) is 44.5 Å². The van der Waals surface area contributed by atoms with Crippen molar-refractivity contribution in [1.82, 2.24) is 5.32 Å². The van der Waals surface area contributed by atoms with Gasteiger partial charge in [-0.3, -0.25) is 4.99 Å². The van der Waals surface area contributed by atoms with Gasteiger partial charge in [-0.1, -0.05) is 17.7 Å². The number of benzene rings is 1. The van der Waals surface area contributed by atoms with E-state index in [1.54, 1.807) is 24.1 Å². The molecule has 25 heavy (non-hydrogen) atoms. The maximum Gasteiger partial charge on any atom is 0.0958 e. The van der Waals surface area contributed by atoms with Crippen LogP contribution in [-0.2, 0) is 16.8 Å². The number of hydrogen-bond donors (Lipinski definition) is 2. The summed E-state index contributed by atoms with van der Waals surface area (Å²) in [6, 6.07) is 6.24. The van der Waals surface area contributed by atoms with E-state index >= 15 is 0 Å². The fourth-order valence-electron chi connectivity index (χ4n) is 3.20. The Morgan fingerprint density at radius 3 is 2.92 bits per heavy atom. The lowest BCUT2D eigenvalue weighted by Gasteiger charge is -2.42. The van der Waals surface area contributed by atoms with Gasteiger partial charge < -0.3 is 15.8 Å². The zero-order valence-electron chi connectivity index (χ0n) is 14.8. The van der Waals surface area contributed by atoms with Crippen LogP contribution in [0.5, 0.6) is 0 Å². The van der Waals surface area contributed by atoms with Crippen molar-refractivity contribution in [3.05, 3.63) is 46.6 Å². The number of piperidine rings is 1. The van der Waals surface area contributed by atoms with Gasteiger partial charge in [0, 0.05) is 23.5 Å². The van der Waals surface area contributed by atoms with Crippen molar-refractivity contribution in [3.63, 3.8) is 0 Å². The normalized spacial score (nSPS) is 19.0. The van der Waals surface area contributed by atoms with Gasteiger partial charge in [0.15, 0.2) is 0 Å². The number of aliphatic imine (C=N–C) groups is 1. The van der Waals surface area contributed by atoms with Gasteiger partial charge in [0.2, 0.25) is 0 Å². The number of nitrogens with zero attached hydrogens (tertiary/aromatic N) is 1. The summed E-state index contributed by atoms with van der Waals surface area (Å²) in [6.07, 6.45) is 10.1. The highest BCUT2D eigenvalue weighted by molar-refractivity contribution is 7.98. The highest BCUT2D eigenvalue weighted by Crippen LogP contribution is 2.40. The van der Waals surface area contributed by atoms with Gasteiger partial charge in [-0.2, -0.15) is 11.8 Å². The molecular formula is C19H28ClN3OS. The van der Waals surface area contributed by atoms with Crippen molar-refractivity contribution in [3.8, 4) is 0 Å². The Balaban J connectivity index is 0.000000217. The van der Waals surface area contributed by atoms with Gasteiger partial charge in [0.1, 0.15) is 0 Å². The maximum atomic E-state index is 6.11. The third-order valence-corrected chi connectivity index (χ3v) is 5.28. The Labute approximate surface area is 160 Å². The topological polar surface area (TPSA) is 59.6 Å². The molecule has 1 spiro atoms. The van der Waals surface area contributed by atoms with E-state index in [1.165, 1.54) is 17.3 Å². The number of rotatable bonds is 4. The molecular weight excluding hydrogens is 354 g/mol. The van der Waals surface area contributed by atoms with Gasteiger partial charge >= 0.3 is 0 Å². The average Bonchev–Trinajstić information content (AvgIpc) is 2.64. The molecule has 0 bridgehead atoms. The lowest BCUT2D eigenvalue weighted by molar-refractivity contribution is -0.0802. The lowest BCUT2D eigenvalue weighted by atomic mass is 9.80. The molecule has 1 saturated heterocycles. The number of halogens is 1. The summed E-state index contributed by atoms with van der Waals surface area (Å²) in [4.78, 5) is 4.04. The van der Waals surface area contributed by atoms with Crippen molar-refractivity contribution >= 4 is 29.6 Å². The summed E-state index contributed by atoms with van der Waals surface area (Å²) in [6.45, 7) is 3.79. The molecule has 2 aliphatic heterocycles. The molecule has 0 radical (unpaired) electrons. The molecule has 0 saturated carbocycles. The van der Waals surface area contributed by atoms with Crippen LogP contribution in [0.4, 0.5) is 0 Å². The third kappa shape index (κ3) is 6.03. The molecule has 4 nitrogen and oxygen atoms in total. The van der Waals surface area contributed by atoms with E-state index in [2.05, 4.69) is 28.7 Å². The van der Waals surface area contributed by atoms with Crippen LogP contribution in [0.2, 0.25) is 5.02 Å². The fourth-order valence-corrected chi connectivity index (χ4v) is 3.66. The fraction of sp³-hybridized carbons (Fsp3) is 0.526. The number of nitrogens with one attached hydrogen (secondary N) is 1. The first kappa shape index (κ1) is 20.3. The predicted molar refractivity (Wildman–Crippen MR) is 110 cm³/mol. The molecule has 1 aromatic carbocycles. The van der Waals surface area contributed by atoms with Gasteiger partial charge in [0.25, 0.3) is 0 Å². The SMILES string of the molecule is CSCCN=C/C=C\N.Clc1ccc2c(c1)C1(CCNCC1)OCC2. The Bertz CT molecular complexity index is 586. The largest absolute Gasteiger partial charge is 0.405 e. The Morgan fingerprint density at radius 1 is 1.40 bits per heavy atom. The highest BCUT2D eigenvalue weighted by Gasteiger charge is 2.38. The summed E-state index contributed by atoms with van der Waals surface area (Å²) >= 11 is 7.90. The zero-order chi connectivity index (χ0) is 18.0. The summed E-state index contributed by atoms with van der Waals surface area (Å²) in [7, 11) is 0. The number of ether oxygens (including phenoxy) is 1. The first-order chi connectivity index (χ1) is 12.2. The molecule has 0 atom stereocenters. The number of thioether (sulfide) groups is 1. The Kier molecular flexibility index (Phi) is 8.82. The smallest absolute Gasteiger partial charge is 0.0958 e. The van der Waals surface area contributed by atoms with E-state index in [0.29, 0.717) is 0 Å². The van der Waals surface area contributed by atoms with Crippen molar-refractivity contribution in [1.29, 1.82) is 0 Å². The van der Waals surface area contributed by atoms with Crippen molar-refractivity contribution in [2.75, 3.05) is 38.2 Å². The van der Waals surface area contributed by atoms with E-state index in [-0.39, 0.29) is 5.60 Å². The van der Waals surface area contributed by atoms with Crippen LogP contribution in [0.1, 0.15) is 24.0 Å². The van der Waals surface area contributed by atoms with Gasteiger partial charge in [-0.05, 0) is 74.1 Å². The van der Waals surface area contributed by atoms with Crippen LogP contribution in [0.3, 0.4) is 0 Å². The molecule has 0 amide bonds. The second-order valence-corrected chi connectivity index (χ2v) is 7.50. The van der Waals surface area contributed by atoms with Gasteiger partial charge in [0.05, 0.1) is 12.2 Å². The molecule has 138 valence electrons. The number of allylic oxidation sites excluding steroid dienone is 1. The predicted octanol–water partition coefficient (Wildman–Crippen LogP) is 3.38. The zero-order valence-corrected chi connectivity index (χ0v) is 16.4. The van der Waals surface area contributed by atoms with Crippen LogP contribution in [0, 0.1) is 0 Å². The molecule has 6 heteroatoms. The van der Waals surface area contributed by atoms with E-state index in [0.717, 1.165) is 56.3 Å². The van der Waals surface area contributed by atoms with E-state index < -0.39 is 0 Å². The van der Waals surface area contributed by atoms with Crippen molar-refractivity contribution in [2.24, 2.45) is 10.7 Å². The minimum absolute atomic E-state index is 0.0657. The van der Waals surface area contributed by atoms with Gasteiger partial charge in [-0.15, -0.1) is 0 Å². The second-order valence-electron chi connectivity index (χ2n) is 6.08. The monoisotopic (exact) mass is 381 g/mol. The summed E-state index contributed by atoms with van der Waals surface area (Å²) in [5.41, 5.74) is 7.74. The second kappa shape index (κ2) is 10.9. The molecule has 2 aliphatic rings. The number of fused-ring (bicyclic) bond motifs is 2. The van der Waals surface area contributed by atoms with Crippen LogP contribution in [0.25, 0.3) is 0 Å². The Morgan fingerprint density at radius 2 is 2.20 bits per heavy atom. The van der Waals surface area contributed by atoms with E-state index in [9.17, 15) is 0 Å². The number of hydrogen-bond acceptors (Lipinski definition) is 5. The molecule has 1 fully saturated rings. The Hall–Kier alpha value is -1.01. The molecule has 3 N–H and O–H groups in total. The molecule has 1 aromatic rings. The molecule has 3 rings (SSSR count). The molecule has 0 aromatic heterocycles. The molecule has 0 unspecified atom stereocenters. The van der Waals surface area contributed by atoms with Crippen LogP contribution >= 0.6 is 23.4 Å².